The van der Waals surface area contributed by atoms with Crippen molar-refractivity contribution < 1.29 is 0 Å². The van der Waals surface area contributed by atoms with Crippen LogP contribution in [0.2, 0.25) is 0 Å². The molecule has 4 heteroatoms. The van der Waals surface area contributed by atoms with E-state index in [1.807, 2.05) is 6.92 Å². The maximum Gasteiger partial charge on any atom is 0.0988 e. The molecule has 1 rings (SSSR count). The van der Waals surface area contributed by atoms with Gasteiger partial charge >= 0.3 is 0 Å². The SMILES string of the molecule is C[C@@H](N)c1cn[nH]n1. The summed E-state index contributed by atoms with van der Waals surface area (Å²) in [5.74, 6) is 0. The van der Waals surface area contributed by atoms with Gasteiger partial charge in [0.25, 0.3) is 0 Å². The Labute approximate surface area is 47.1 Å². The lowest BCUT2D eigenvalue weighted by Gasteiger charge is -1.93. The number of aromatic nitrogens is 3. The molecular weight excluding hydrogens is 104 g/mol. The summed E-state index contributed by atoms with van der Waals surface area (Å²) in [5, 5.41) is 9.81. The molecule has 0 aliphatic carbocycles. The third-order valence-corrected chi connectivity index (χ3v) is 0.900. The number of hydrogen-bond acceptors (Lipinski definition) is 3. The monoisotopic (exact) mass is 112 g/mol. The van der Waals surface area contributed by atoms with Gasteiger partial charge in [0, 0.05) is 6.04 Å². The van der Waals surface area contributed by atoms with E-state index in [2.05, 4.69) is 15.4 Å². The summed E-state index contributed by atoms with van der Waals surface area (Å²) < 4.78 is 0. The number of nitrogens with one attached hydrogen (secondary N) is 1. The molecular formula is C4H8N4. The lowest BCUT2D eigenvalue weighted by molar-refractivity contribution is 0.769. The maximum absolute atomic E-state index is 5.44. The van der Waals surface area contributed by atoms with Crippen LogP contribution in [0.5, 0.6) is 0 Å². The number of nitrogens with zero attached hydrogens (tertiary/aromatic N) is 2. The van der Waals surface area contributed by atoms with Gasteiger partial charge in [0.2, 0.25) is 0 Å². The van der Waals surface area contributed by atoms with Crippen molar-refractivity contribution in [3.8, 4) is 0 Å². The molecule has 0 spiro atoms. The Morgan fingerprint density at radius 3 is 2.88 bits per heavy atom. The molecule has 0 fully saturated rings. The van der Waals surface area contributed by atoms with Crippen LogP contribution in [-0.2, 0) is 0 Å². The van der Waals surface area contributed by atoms with Crippen molar-refractivity contribution in [2.24, 2.45) is 5.73 Å². The average Bonchev–Trinajstić information content (AvgIpc) is 2.12. The van der Waals surface area contributed by atoms with Gasteiger partial charge in [-0.1, -0.05) is 0 Å². The highest BCUT2D eigenvalue weighted by Gasteiger charge is 1.98. The van der Waals surface area contributed by atoms with Gasteiger partial charge in [-0.15, -0.1) is 0 Å². The Hall–Kier alpha value is -0.900. The molecule has 0 aromatic carbocycles. The second kappa shape index (κ2) is 1.92. The van der Waals surface area contributed by atoms with Crippen molar-refractivity contribution in [2.75, 3.05) is 0 Å². The van der Waals surface area contributed by atoms with E-state index in [0.717, 1.165) is 5.69 Å². The van der Waals surface area contributed by atoms with E-state index < -0.39 is 0 Å². The molecule has 0 aliphatic heterocycles. The molecule has 0 amide bonds. The number of nitrogens with two attached hydrogens (primary N) is 1. The first-order chi connectivity index (χ1) is 3.80. The standard InChI is InChI=1S/C4H8N4/c1-3(5)4-2-6-8-7-4/h2-3H,5H2,1H3,(H,6,7,8)/t3-/m1/s1. The minimum Gasteiger partial charge on any atom is -0.323 e. The fourth-order valence-corrected chi connectivity index (χ4v) is 0.430. The molecule has 0 saturated heterocycles. The number of aromatic amines is 1. The normalized spacial score (nSPS) is 13.8. The Kier molecular flexibility index (Phi) is 1.26. The Bertz CT molecular complexity index is 143. The summed E-state index contributed by atoms with van der Waals surface area (Å²) in [7, 11) is 0. The third-order valence-electron chi connectivity index (χ3n) is 0.900. The molecule has 44 valence electrons. The molecule has 4 nitrogen and oxygen atoms in total. The molecule has 0 aliphatic rings. The van der Waals surface area contributed by atoms with Crippen LogP contribution in [0.3, 0.4) is 0 Å². The average molecular weight is 112 g/mol. The van der Waals surface area contributed by atoms with Gasteiger partial charge < -0.3 is 5.73 Å². The van der Waals surface area contributed by atoms with Gasteiger partial charge in [0.1, 0.15) is 0 Å². The fraction of sp³-hybridized carbons (Fsp3) is 0.500. The molecule has 1 atom stereocenters. The summed E-state index contributed by atoms with van der Waals surface area (Å²) in [5.41, 5.74) is 6.23. The zero-order valence-electron chi connectivity index (χ0n) is 4.63. The van der Waals surface area contributed by atoms with Gasteiger partial charge in [0.05, 0.1) is 11.9 Å². The third kappa shape index (κ3) is 0.840. The minimum atomic E-state index is -0.0197. The zero-order chi connectivity index (χ0) is 5.98. The van der Waals surface area contributed by atoms with Crippen molar-refractivity contribution in [1.29, 1.82) is 0 Å². The Balaban J connectivity index is 2.77. The molecule has 0 radical (unpaired) electrons. The van der Waals surface area contributed by atoms with Crippen molar-refractivity contribution in [3.05, 3.63) is 11.9 Å². The van der Waals surface area contributed by atoms with Crippen LogP contribution in [-0.4, -0.2) is 15.4 Å². The highest BCUT2D eigenvalue weighted by atomic mass is 15.3. The predicted octanol–water partition coefficient (Wildman–Crippen LogP) is -0.176. The first kappa shape index (κ1) is 5.24. The van der Waals surface area contributed by atoms with Gasteiger partial charge in [-0.05, 0) is 6.92 Å². The van der Waals surface area contributed by atoms with Crippen molar-refractivity contribution in [1.82, 2.24) is 15.4 Å². The zero-order valence-corrected chi connectivity index (χ0v) is 4.63. The number of H-pyrrole nitrogens is 1. The highest BCUT2D eigenvalue weighted by Crippen LogP contribution is 1.99. The molecule has 8 heavy (non-hydrogen) atoms. The summed E-state index contributed by atoms with van der Waals surface area (Å²) >= 11 is 0. The summed E-state index contributed by atoms with van der Waals surface area (Å²) in [6.45, 7) is 1.86. The second-order valence-electron chi connectivity index (χ2n) is 1.68. The molecule has 1 aromatic rings. The van der Waals surface area contributed by atoms with Gasteiger partial charge in [-0.2, -0.15) is 15.4 Å². The lowest BCUT2D eigenvalue weighted by Crippen LogP contribution is -2.04. The quantitative estimate of drug-likeness (QED) is 0.529. The first-order valence-corrected chi connectivity index (χ1v) is 2.42. The Morgan fingerprint density at radius 1 is 1.88 bits per heavy atom. The van der Waals surface area contributed by atoms with Gasteiger partial charge in [0.15, 0.2) is 0 Å². The molecule has 1 heterocycles. The topological polar surface area (TPSA) is 67.6 Å². The van der Waals surface area contributed by atoms with E-state index in [1.165, 1.54) is 0 Å². The Morgan fingerprint density at radius 2 is 2.62 bits per heavy atom. The smallest absolute Gasteiger partial charge is 0.0988 e. The highest BCUT2D eigenvalue weighted by molar-refractivity contribution is 4.95. The van der Waals surface area contributed by atoms with Crippen LogP contribution in [0.25, 0.3) is 0 Å². The van der Waals surface area contributed by atoms with E-state index in [0.29, 0.717) is 0 Å². The van der Waals surface area contributed by atoms with Crippen LogP contribution in [0.1, 0.15) is 18.7 Å². The van der Waals surface area contributed by atoms with Crippen molar-refractivity contribution in [2.45, 2.75) is 13.0 Å². The molecule has 0 bridgehead atoms. The van der Waals surface area contributed by atoms with E-state index in [1.54, 1.807) is 6.20 Å². The van der Waals surface area contributed by atoms with E-state index in [9.17, 15) is 0 Å². The number of rotatable bonds is 1. The molecule has 3 N–H and O–H groups in total. The summed E-state index contributed by atoms with van der Waals surface area (Å²) in [4.78, 5) is 0. The first-order valence-electron chi connectivity index (χ1n) is 2.42. The molecule has 1 aromatic heterocycles. The minimum absolute atomic E-state index is 0.0197. The van der Waals surface area contributed by atoms with E-state index >= 15 is 0 Å². The second-order valence-corrected chi connectivity index (χ2v) is 1.68. The largest absolute Gasteiger partial charge is 0.323 e. The van der Waals surface area contributed by atoms with Crippen LogP contribution >= 0.6 is 0 Å². The summed E-state index contributed by atoms with van der Waals surface area (Å²) in [6.07, 6.45) is 1.62. The van der Waals surface area contributed by atoms with Crippen molar-refractivity contribution in [3.63, 3.8) is 0 Å². The van der Waals surface area contributed by atoms with E-state index in [-0.39, 0.29) is 6.04 Å². The van der Waals surface area contributed by atoms with Gasteiger partial charge in [-0.25, -0.2) is 0 Å². The van der Waals surface area contributed by atoms with Crippen molar-refractivity contribution >= 4 is 0 Å². The van der Waals surface area contributed by atoms with Crippen LogP contribution in [0.4, 0.5) is 0 Å². The lowest BCUT2D eigenvalue weighted by atomic mass is 10.3. The van der Waals surface area contributed by atoms with Gasteiger partial charge in [-0.3, -0.25) is 0 Å². The fourth-order valence-electron chi connectivity index (χ4n) is 0.430. The molecule has 0 saturated carbocycles. The van der Waals surface area contributed by atoms with Crippen LogP contribution in [0, 0.1) is 0 Å². The maximum atomic E-state index is 5.44. The predicted molar refractivity (Wildman–Crippen MR) is 29.0 cm³/mol. The van der Waals surface area contributed by atoms with Crippen LogP contribution in [0.15, 0.2) is 6.20 Å². The van der Waals surface area contributed by atoms with E-state index in [4.69, 9.17) is 5.73 Å². The molecule has 0 unspecified atom stereocenters. The number of hydrogen-bond donors (Lipinski definition) is 2. The summed E-state index contributed by atoms with van der Waals surface area (Å²) in [6, 6.07) is -0.0197. The van der Waals surface area contributed by atoms with Crippen LogP contribution < -0.4 is 5.73 Å².